The molecule has 3 rings (SSSR count). The summed E-state index contributed by atoms with van der Waals surface area (Å²) in [6.45, 7) is 6.60. The standard InChI is InChI=1S/C24H33FN4O3.HI/c1-17-6-7-18(12-20(17)25)15-27-24(26-2)29-10-8-28(9-11-29)16-19-13-21(30-3)23(32-5)22(14-19)31-4;/h6-7,12-14H,8-11,15-16H2,1-5H3,(H,26,27);1H. The first-order chi connectivity index (χ1) is 15.5. The molecule has 0 saturated carbocycles. The highest BCUT2D eigenvalue weighted by atomic mass is 127. The number of halogens is 2. The van der Waals surface area contributed by atoms with E-state index in [-0.39, 0.29) is 29.8 Å². The normalized spacial score (nSPS) is 14.5. The van der Waals surface area contributed by atoms with Crippen LogP contribution in [0.5, 0.6) is 17.2 Å². The average molecular weight is 572 g/mol. The predicted octanol–water partition coefficient (Wildman–Crippen LogP) is 3.67. The number of hydrogen-bond donors (Lipinski definition) is 1. The van der Waals surface area contributed by atoms with Crippen LogP contribution >= 0.6 is 24.0 Å². The minimum atomic E-state index is -0.181. The Bertz CT molecular complexity index is 924. The maximum Gasteiger partial charge on any atom is 0.203 e. The van der Waals surface area contributed by atoms with Gasteiger partial charge in [-0.1, -0.05) is 12.1 Å². The lowest BCUT2D eigenvalue weighted by atomic mass is 10.1. The summed E-state index contributed by atoms with van der Waals surface area (Å²) < 4.78 is 30.2. The van der Waals surface area contributed by atoms with Gasteiger partial charge in [0.15, 0.2) is 17.5 Å². The molecule has 182 valence electrons. The second kappa shape index (κ2) is 12.8. The highest BCUT2D eigenvalue weighted by molar-refractivity contribution is 14.0. The zero-order valence-electron chi connectivity index (χ0n) is 20.0. The van der Waals surface area contributed by atoms with Crippen molar-refractivity contribution in [2.75, 3.05) is 54.6 Å². The lowest BCUT2D eigenvalue weighted by molar-refractivity contribution is 0.172. The molecule has 9 heteroatoms. The van der Waals surface area contributed by atoms with Crippen LogP contribution in [0.4, 0.5) is 4.39 Å². The van der Waals surface area contributed by atoms with Gasteiger partial charge in [-0.15, -0.1) is 24.0 Å². The molecule has 1 aliphatic rings. The molecule has 2 aromatic carbocycles. The smallest absolute Gasteiger partial charge is 0.203 e. The molecule has 0 bridgehead atoms. The molecule has 1 fully saturated rings. The molecular formula is C24H34FIN4O3. The Kier molecular flexibility index (Phi) is 10.5. The van der Waals surface area contributed by atoms with Crippen LogP contribution in [0.25, 0.3) is 0 Å². The number of piperazine rings is 1. The summed E-state index contributed by atoms with van der Waals surface area (Å²) in [7, 11) is 6.64. The van der Waals surface area contributed by atoms with E-state index in [2.05, 4.69) is 20.1 Å². The van der Waals surface area contributed by atoms with Crippen molar-refractivity contribution >= 4 is 29.9 Å². The van der Waals surface area contributed by atoms with E-state index >= 15 is 0 Å². The van der Waals surface area contributed by atoms with Gasteiger partial charge in [-0.2, -0.15) is 0 Å². The summed E-state index contributed by atoms with van der Waals surface area (Å²) in [4.78, 5) is 9.03. The third-order valence-electron chi connectivity index (χ3n) is 5.70. The largest absolute Gasteiger partial charge is 0.493 e. The number of nitrogens with one attached hydrogen (secondary N) is 1. The molecule has 0 aromatic heterocycles. The van der Waals surface area contributed by atoms with Crippen molar-refractivity contribution in [3.05, 3.63) is 52.8 Å². The highest BCUT2D eigenvalue weighted by Gasteiger charge is 2.21. The molecule has 1 N–H and O–H groups in total. The van der Waals surface area contributed by atoms with Gasteiger partial charge in [-0.25, -0.2) is 4.39 Å². The van der Waals surface area contributed by atoms with Crippen LogP contribution in [0.3, 0.4) is 0 Å². The number of hydrogen-bond acceptors (Lipinski definition) is 5. The van der Waals surface area contributed by atoms with E-state index in [1.165, 1.54) is 0 Å². The van der Waals surface area contributed by atoms with Gasteiger partial charge in [0.1, 0.15) is 5.82 Å². The zero-order chi connectivity index (χ0) is 23.1. The summed E-state index contributed by atoms with van der Waals surface area (Å²) in [5.41, 5.74) is 2.66. The van der Waals surface area contributed by atoms with Crippen LogP contribution in [0.15, 0.2) is 35.3 Å². The molecule has 1 saturated heterocycles. The third-order valence-corrected chi connectivity index (χ3v) is 5.70. The second-order valence-corrected chi connectivity index (χ2v) is 7.78. The van der Waals surface area contributed by atoms with Crippen molar-refractivity contribution in [2.24, 2.45) is 4.99 Å². The number of aliphatic imine (C=N–C) groups is 1. The Balaban J connectivity index is 0.00000385. The third kappa shape index (κ3) is 6.86. The molecule has 0 atom stereocenters. The van der Waals surface area contributed by atoms with Gasteiger partial charge in [0, 0.05) is 46.3 Å². The molecule has 0 aliphatic carbocycles. The van der Waals surface area contributed by atoms with Crippen LogP contribution in [0.1, 0.15) is 16.7 Å². The van der Waals surface area contributed by atoms with Crippen LogP contribution in [-0.2, 0) is 13.1 Å². The molecule has 2 aromatic rings. The zero-order valence-corrected chi connectivity index (χ0v) is 22.3. The minimum Gasteiger partial charge on any atom is -0.493 e. The number of guanidine groups is 1. The topological polar surface area (TPSA) is 58.6 Å². The number of nitrogens with zero attached hydrogens (tertiary/aromatic N) is 3. The van der Waals surface area contributed by atoms with Crippen molar-refractivity contribution in [3.63, 3.8) is 0 Å². The predicted molar refractivity (Wildman–Crippen MR) is 140 cm³/mol. The lowest BCUT2D eigenvalue weighted by Gasteiger charge is -2.36. The van der Waals surface area contributed by atoms with E-state index in [1.807, 2.05) is 18.2 Å². The van der Waals surface area contributed by atoms with Gasteiger partial charge in [0.2, 0.25) is 5.75 Å². The fourth-order valence-electron chi connectivity index (χ4n) is 3.86. The minimum absolute atomic E-state index is 0. The molecular weight excluding hydrogens is 538 g/mol. The number of methoxy groups -OCH3 is 3. The van der Waals surface area contributed by atoms with E-state index in [0.717, 1.165) is 49.8 Å². The molecule has 33 heavy (non-hydrogen) atoms. The van der Waals surface area contributed by atoms with Crippen molar-refractivity contribution in [2.45, 2.75) is 20.0 Å². The number of aryl methyl sites for hydroxylation is 1. The molecule has 7 nitrogen and oxygen atoms in total. The van der Waals surface area contributed by atoms with E-state index in [4.69, 9.17) is 14.2 Å². The van der Waals surface area contributed by atoms with Crippen LogP contribution in [0.2, 0.25) is 0 Å². The Hall–Kier alpha value is -2.27. The maximum atomic E-state index is 13.8. The fourth-order valence-corrected chi connectivity index (χ4v) is 3.86. The van der Waals surface area contributed by atoms with Crippen LogP contribution in [-0.4, -0.2) is 70.3 Å². The Morgan fingerprint density at radius 1 is 0.970 bits per heavy atom. The molecule has 0 amide bonds. The van der Waals surface area contributed by atoms with Gasteiger partial charge < -0.3 is 24.4 Å². The van der Waals surface area contributed by atoms with Crippen molar-refractivity contribution in [3.8, 4) is 17.2 Å². The van der Waals surface area contributed by atoms with Gasteiger partial charge in [0.05, 0.1) is 21.3 Å². The van der Waals surface area contributed by atoms with Crippen molar-refractivity contribution in [1.29, 1.82) is 0 Å². The van der Waals surface area contributed by atoms with E-state index in [9.17, 15) is 4.39 Å². The van der Waals surface area contributed by atoms with Gasteiger partial charge in [-0.05, 0) is 41.8 Å². The second-order valence-electron chi connectivity index (χ2n) is 7.78. The number of ether oxygens (including phenoxy) is 3. The van der Waals surface area contributed by atoms with Crippen LogP contribution < -0.4 is 19.5 Å². The van der Waals surface area contributed by atoms with E-state index < -0.39 is 0 Å². The monoisotopic (exact) mass is 572 g/mol. The molecule has 0 radical (unpaired) electrons. The van der Waals surface area contributed by atoms with Gasteiger partial charge >= 0.3 is 0 Å². The van der Waals surface area contributed by atoms with Crippen molar-refractivity contribution < 1.29 is 18.6 Å². The summed E-state index contributed by atoms with van der Waals surface area (Å²) >= 11 is 0. The Morgan fingerprint density at radius 2 is 1.61 bits per heavy atom. The summed E-state index contributed by atoms with van der Waals surface area (Å²) in [6.07, 6.45) is 0. The fraction of sp³-hybridized carbons (Fsp3) is 0.458. The van der Waals surface area contributed by atoms with Crippen molar-refractivity contribution in [1.82, 2.24) is 15.1 Å². The quantitative estimate of drug-likeness (QED) is 0.311. The first-order valence-electron chi connectivity index (χ1n) is 10.7. The molecule has 1 heterocycles. The van der Waals surface area contributed by atoms with E-state index in [1.54, 1.807) is 47.4 Å². The lowest BCUT2D eigenvalue weighted by Crippen LogP contribution is -2.52. The van der Waals surface area contributed by atoms with E-state index in [0.29, 0.717) is 29.4 Å². The Labute approximate surface area is 212 Å². The molecule has 1 aliphatic heterocycles. The first kappa shape index (κ1) is 27.0. The summed E-state index contributed by atoms with van der Waals surface area (Å²) in [6, 6.07) is 9.31. The Morgan fingerprint density at radius 3 is 2.12 bits per heavy atom. The average Bonchev–Trinajstić information content (AvgIpc) is 2.81. The maximum absolute atomic E-state index is 13.8. The number of rotatable bonds is 7. The molecule has 0 spiro atoms. The van der Waals surface area contributed by atoms with Gasteiger partial charge in [-0.3, -0.25) is 9.89 Å². The highest BCUT2D eigenvalue weighted by Crippen LogP contribution is 2.38. The first-order valence-corrected chi connectivity index (χ1v) is 10.7. The SMILES string of the molecule is CN=C(NCc1ccc(C)c(F)c1)N1CCN(Cc2cc(OC)c(OC)c(OC)c2)CC1.I. The summed E-state index contributed by atoms with van der Waals surface area (Å²) in [5, 5.41) is 3.35. The summed E-state index contributed by atoms with van der Waals surface area (Å²) in [5.74, 6) is 2.58. The molecule has 0 unspecified atom stereocenters. The van der Waals surface area contributed by atoms with Crippen LogP contribution in [0, 0.1) is 12.7 Å². The number of benzene rings is 2. The van der Waals surface area contributed by atoms with Gasteiger partial charge in [0.25, 0.3) is 0 Å².